The Morgan fingerprint density at radius 3 is 2.31 bits per heavy atom. The van der Waals surface area contributed by atoms with Gasteiger partial charge >= 0.3 is 0 Å². The van der Waals surface area contributed by atoms with Crippen molar-refractivity contribution < 1.29 is 24.2 Å². The van der Waals surface area contributed by atoms with Crippen LogP contribution in [0.5, 0.6) is 5.75 Å². The molecule has 1 rings (SSSR count). The number of benzene rings is 1. The summed E-state index contributed by atoms with van der Waals surface area (Å²) < 4.78 is 5.02. The maximum Gasteiger partial charge on any atom is 0.259 e. The minimum atomic E-state index is 0. The van der Waals surface area contributed by atoms with Gasteiger partial charge in [-0.15, -0.1) is 0 Å². The number of nitrogens with two attached hydrogens (primary N) is 1. The molecule has 0 bridgehead atoms. The second-order valence-electron chi connectivity index (χ2n) is 2.42. The van der Waals surface area contributed by atoms with E-state index in [9.17, 15) is 0 Å². The molecule has 0 unspecified atom stereocenters. The van der Waals surface area contributed by atoms with Crippen molar-refractivity contribution in [3.63, 3.8) is 0 Å². The summed E-state index contributed by atoms with van der Waals surface area (Å²) in [5.41, 5.74) is 6.47. The van der Waals surface area contributed by atoms with Crippen molar-refractivity contribution in [3.05, 3.63) is 29.8 Å². The summed E-state index contributed by atoms with van der Waals surface area (Å²) in [6.07, 6.45) is 1.02. The van der Waals surface area contributed by atoms with E-state index < -0.39 is 0 Å². The fourth-order valence-corrected chi connectivity index (χ4v) is 1.01. The summed E-state index contributed by atoms with van der Waals surface area (Å²) in [6.45, 7) is 2.10. The Morgan fingerprint density at radius 2 is 1.92 bits per heavy atom. The first kappa shape index (κ1) is 12.5. The van der Waals surface area contributed by atoms with Gasteiger partial charge in [-0.25, -0.2) is 0 Å². The maximum atomic E-state index is 5.20. The van der Waals surface area contributed by atoms with Crippen molar-refractivity contribution in [2.45, 2.75) is 13.3 Å². The second-order valence-corrected chi connectivity index (χ2v) is 2.82. The zero-order chi connectivity index (χ0) is 8.97. The fourth-order valence-electron chi connectivity index (χ4n) is 0.909. The van der Waals surface area contributed by atoms with Gasteiger partial charge in [0.25, 0.3) is 5.17 Å². The normalized spacial score (nSPS) is 8.69. The number of hydrogen-bond donors (Lipinski definition) is 1. The van der Waals surface area contributed by atoms with Crippen molar-refractivity contribution >= 4 is 17.4 Å². The van der Waals surface area contributed by atoms with Crippen LogP contribution < -0.4 is 10.5 Å². The first-order valence-corrected chi connectivity index (χ1v) is 4.19. The van der Waals surface area contributed by atoms with Gasteiger partial charge < -0.3 is 10.5 Å². The standard InChI is InChI=1S/C9H11NOS.Zn/c1-2-7-3-5-8(6-4-7)11-9(10)12;/h3-6H,2H2,1H3,(H2,10,12);. The Balaban J connectivity index is 0.00000144. The van der Waals surface area contributed by atoms with Gasteiger partial charge in [0.2, 0.25) is 0 Å². The van der Waals surface area contributed by atoms with E-state index in [1.165, 1.54) is 5.56 Å². The van der Waals surface area contributed by atoms with Crippen LogP contribution in [0.15, 0.2) is 24.3 Å². The molecule has 1 aromatic carbocycles. The molecule has 0 amide bonds. The van der Waals surface area contributed by atoms with Gasteiger partial charge in [-0.1, -0.05) is 19.1 Å². The molecule has 2 N–H and O–H groups in total. The number of aryl methyl sites for hydroxylation is 1. The molecule has 2 nitrogen and oxygen atoms in total. The summed E-state index contributed by atoms with van der Waals surface area (Å²) >= 11 is 4.59. The van der Waals surface area contributed by atoms with E-state index >= 15 is 0 Å². The van der Waals surface area contributed by atoms with E-state index in [0.29, 0.717) is 5.75 Å². The summed E-state index contributed by atoms with van der Waals surface area (Å²) in [4.78, 5) is 0. The molecule has 0 aliphatic rings. The van der Waals surface area contributed by atoms with Crippen LogP contribution in [0.3, 0.4) is 0 Å². The van der Waals surface area contributed by atoms with Crippen LogP contribution >= 0.6 is 12.2 Å². The Morgan fingerprint density at radius 1 is 1.38 bits per heavy atom. The molecule has 0 aromatic heterocycles. The van der Waals surface area contributed by atoms with Crippen LogP contribution in [0.4, 0.5) is 0 Å². The van der Waals surface area contributed by atoms with Gasteiger partial charge in [-0.2, -0.15) is 0 Å². The molecule has 0 radical (unpaired) electrons. The van der Waals surface area contributed by atoms with Gasteiger partial charge in [0.1, 0.15) is 5.75 Å². The Bertz CT molecular complexity index is 273. The van der Waals surface area contributed by atoms with E-state index in [0.717, 1.165) is 6.42 Å². The van der Waals surface area contributed by atoms with E-state index in [2.05, 4.69) is 19.1 Å². The van der Waals surface area contributed by atoms with Gasteiger partial charge in [-0.05, 0) is 36.3 Å². The molecule has 1 aromatic rings. The van der Waals surface area contributed by atoms with Crippen LogP contribution in [0.25, 0.3) is 0 Å². The molecule has 0 heterocycles. The van der Waals surface area contributed by atoms with Gasteiger partial charge in [0.05, 0.1) is 0 Å². The monoisotopic (exact) mass is 245 g/mol. The summed E-state index contributed by atoms with van der Waals surface area (Å²) in [5.74, 6) is 0.694. The summed E-state index contributed by atoms with van der Waals surface area (Å²) in [6, 6.07) is 7.71. The number of ether oxygens (including phenoxy) is 1. The van der Waals surface area contributed by atoms with Crippen LogP contribution in [-0.2, 0) is 25.9 Å². The molecule has 0 spiro atoms. The molecule has 0 fully saturated rings. The summed E-state index contributed by atoms with van der Waals surface area (Å²) in [7, 11) is 0. The number of hydrogen-bond acceptors (Lipinski definition) is 2. The Labute approximate surface area is 96.2 Å². The average Bonchev–Trinajstić information content (AvgIpc) is 2.05. The topological polar surface area (TPSA) is 35.2 Å². The molecular formula is C9H11NOSZn. The number of thiocarbonyl (C=S) groups is 1. The molecule has 13 heavy (non-hydrogen) atoms. The van der Waals surface area contributed by atoms with Gasteiger partial charge in [-0.3, -0.25) is 0 Å². The molecule has 66 valence electrons. The van der Waals surface area contributed by atoms with Gasteiger partial charge in [0, 0.05) is 19.5 Å². The van der Waals surface area contributed by atoms with Crippen LogP contribution in [0.2, 0.25) is 0 Å². The Kier molecular flexibility index (Phi) is 5.84. The largest absolute Gasteiger partial charge is 0.432 e. The molecule has 0 saturated heterocycles. The molecular weight excluding hydrogens is 236 g/mol. The van der Waals surface area contributed by atoms with Crippen molar-refractivity contribution in [3.8, 4) is 5.75 Å². The average molecular weight is 247 g/mol. The molecule has 0 aliphatic carbocycles. The van der Waals surface area contributed by atoms with E-state index in [4.69, 9.17) is 10.5 Å². The summed E-state index contributed by atoms with van der Waals surface area (Å²) in [5, 5.41) is 0.0549. The molecule has 4 heteroatoms. The van der Waals surface area contributed by atoms with Gasteiger partial charge in [0.15, 0.2) is 0 Å². The predicted molar refractivity (Wildman–Crippen MR) is 53.2 cm³/mol. The minimum absolute atomic E-state index is 0. The van der Waals surface area contributed by atoms with Crippen LogP contribution in [-0.4, -0.2) is 5.17 Å². The van der Waals surface area contributed by atoms with Crippen molar-refractivity contribution in [2.24, 2.45) is 5.73 Å². The predicted octanol–water partition coefficient (Wildman–Crippen LogP) is 1.87. The first-order valence-electron chi connectivity index (χ1n) is 3.78. The quantitative estimate of drug-likeness (QED) is 0.639. The van der Waals surface area contributed by atoms with Crippen molar-refractivity contribution in [2.75, 3.05) is 0 Å². The Hall–Kier alpha value is -0.467. The fraction of sp³-hybridized carbons (Fsp3) is 0.222. The van der Waals surface area contributed by atoms with E-state index in [1.54, 1.807) is 0 Å². The smallest absolute Gasteiger partial charge is 0.259 e. The van der Waals surface area contributed by atoms with Crippen molar-refractivity contribution in [1.82, 2.24) is 0 Å². The number of rotatable bonds is 2. The molecule has 0 atom stereocenters. The molecule has 0 saturated carbocycles. The van der Waals surface area contributed by atoms with Crippen LogP contribution in [0.1, 0.15) is 12.5 Å². The SMILES string of the molecule is CCc1ccc(OC(N)=S)cc1.[Zn]. The van der Waals surface area contributed by atoms with Crippen molar-refractivity contribution in [1.29, 1.82) is 0 Å². The molecule has 0 aliphatic heterocycles. The zero-order valence-electron chi connectivity index (χ0n) is 7.62. The second kappa shape index (κ2) is 6.06. The van der Waals surface area contributed by atoms with E-state index in [-0.39, 0.29) is 24.7 Å². The van der Waals surface area contributed by atoms with E-state index in [1.807, 2.05) is 24.3 Å². The minimum Gasteiger partial charge on any atom is -0.432 e. The zero-order valence-corrected chi connectivity index (χ0v) is 11.4. The maximum absolute atomic E-state index is 5.20. The third-order valence-electron chi connectivity index (χ3n) is 1.55. The third kappa shape index (κ3) is 4.34. The first-order chi connectivity index (χ1) is 5.72. The third-order valence-corrected chi connectivity index (χ3v) is 1.63. The van der Waals surface area contributed by atoms with Crippen LogP contribution in [0, 0.1) is 0 Å².